The number of hydrogen-bond acceptors (Lipinski definition) is 8. The molecule has 1 heterocycles. The Morgan fingerprint density at radius 2 is 1.70 bits per heavy atom. The molecule has 40 heavy (non-hydrogen) atoms. The number of ether oxygens (including phenoxy) is 2. The lowest BCUT2D eigenvalue weighted by Crippen LogP contribution is -2.44. The van der Waals surface area contributed by atoms with Gasteiger partial charge in [0, 0.05) is 6.54 Å². The molecule has 1 unspecified atom stereocenters. The molecule has 11 heteroatoms. The quantitative estimate of drug-likeness (QED) is 0.267. The highest BCUT2D eigenvalue weighted by atomic mass is 32.1. The molecule has 0 spiro atoms. The first-order valence-corrected chi connectivity index (χ1v) is 13.0. The maximum absolute atomic E-state index is 14.3. The zero-order chi connectivity index (χ0) is 28.8. The lowest BCUT2D eigenvalue weighted by atomic mass is 10.0. The first-order valence-electron chi connectivity index (χ1n) is 12.2. The Bertz CT molecular complexity index is 1520. The van der Waals surface area contributed by atoms with Crippen LogP contribution in [0.5, 0.6) is 11.5 Å². The Balaban J connectivity index is 1.89. The number of aryl methyl sites for hydroxylation is 1. The number of hydrogen-bond donors (Lipinski definition) is 3. The lowest BCUT2D eigenvalue weighted by molar-refractivity contribution is -0.122. The third-order valence-corrected chi connectivity index (χ3v) is 7.07. The fourth-order valence-corrected chi connectivity index (χ4v) is 4.92. The summed E-state index contributed by atoms with van der Waals surface area (Å²) >= 11 is 0.734. The molecular weight excluding hydrogens is 530 g/mol. The van der Waals surface area contributed by atoms with Crippen molar-refractivity contribution in [2.24, 2.45) is 5.73 Å². The molecule has 4 rings (SSSR count). The Morgan fingerprint density at radius 3 is 2.30 bits per heavy atom. The second kappa shape index (κ2) is 12.3. The van der Waals surface area contributed by atoms with E-state index in [0.29, 0.717) is 22.7 Å². The first-order chi connectivity index (χ1) is 19.2. The van der Waals surface area contributed by atoms with Crippen molar-refractivity contribution in [2.45, 2.75) is 19.5 Å². The lowest BCUT2D eigenvalue weighted by Gasteiger charge is -2.32. The molecule has 0 saturated heterocycles. The van der Waals surface area contributed by atoms with Gasteiger partial charge in [0.05, 0.1) is 25.6 Å². The summed E-state index contributed by atoms with van der Waals surface area (Å²) in [6, 6.07) is 20.3. The summed E-state index contributed by atoms with van der Waals surface area (Å²) in [6.07, 6.45) is 0. The highest BCUT2D eigenvalue weighted by Crippen LogP contribution is 2.39. The van der Waals surface area contributed by atoms with E-state index in [9.17, 15) is 14.4 Å². The van der Waals surface area contributed by atoms with E-state index in [1.54, 1.807) is 36.4 Å². The van der Waals surface area contributed by atoms with Crippen molar-refractivity contribution >= 4 is 40.6 Å². The van der Waals surface area contributed by atoms with Crippen molar-refractivity contribution in [2.75, 3.05) is 24.9 Å². The predicted octanol–water partition coefficient (Wildman–Crippen LogP) is 3.85. The Kier molecular flexibility index (Phi) is 8.65. The molecule has 0 aliphatic carbocycles. The van der Waals surface area contributed by atoms with Crippen LogP contribution in [-0.4, -0.2) is 36.3 Å². The van der Waals surface area contributed by atoms with Gasteiger partial charge in [-0.05, 0) is 59.4 Å². The zero-order valence-electron chi connectivity index (χ0n) is 22.2. The van der Waals surface area contributed by atoms with Crippen LogP contribution in [-0.2, 0) is 11.3 Å². The smallest absolute Gasteiger partial charge is 0.273 e. The molecule has 0 radical (unpaired) electrons. The van der Waals surface area contributed by atoms with Crippen LogP contribution in [0.3, 0.4) is 0 Å². The van der Waals surface area contributed by atoms with Gasteiger partial charge in [-0.1, -0.05) is 48.5 Å². The number of primary amides is 1. The van der Waals surface area contributed by atoms with Gasteiger partial charge in [0.15, 0.2) is 5.69 Å². The van der Waals surface area contributed by atoms with Crippen LogP contribution in [0.1, 0.15) is 42.9 Å². The molecule has 0 aliphatic heterocycles. The molecule has 206 valence electrons. The summed E-state index contributed by atoms with van der Waals surface area (Å²) in [5.74, 6) is -1.03. The van der Waals surface area contributed by atoms with Gasteiger partial charge in [-0.3, -0.25) is 19.3 Å². The highest BCUT2D eigenvalue weighted by molar-refractivity contribution is 7.09. The van der Waals surface area contributed by atoms with Gasteiger partial charge >= 0.3 is 0 Å². The number of nitrogens with zero attached hydrogens (tertiary/aromatic N) is 2. The molecule has 0 saturated carbocycles. The van der Waals surface area contributed by atoms with Gasteiger partial charge in [0.1, 0.15) is 22.4 Å². The van der Waals surface area contributed by atoms with E-state index < -0.39 is 23.8 Å². The number of carbonyl (C=O) groups excluding carboxylic acids is 3. The predicted molar refractivity (Wildman–Crippen MR) is 154 cm³/mol. The van der Waals surface area contributed by atoms with Crippen LogP contribution in [0.2, 0.25) is 0 Å². The largest absolute Gasteiger partial charge is 0.497 e. The number of nitrogen functional groups attached to an aromatic ring is 1. The van der Waals surface area contributed by atoms with Crippen LogP contribution < -0.4 is 31.2 Å². The Morgan fingerprint density at radius 1 is 1.00 bits per heavy atom. The van der Waals surface area contributed by atoms with Crippen molar-refractivity contribution in [3.8, 4) is 11.5 Å². The van der Waals surface area contributed by atoms with Gasteiger partial charge in [-0.15, -0.1) is 0 Å². The van der Waals surface area contributed by atoms with E-state index in [1.807, 2.05) is 43.3 Å². The molecule has 5 N–H and O–H groups in total. The monoisotopic (exact) mass is 559 g/mol. The Hall–Kier alpha value is -4.90. The van der Waals surface area contributed by atoms with Crippen molar-refractivity contribution in [3.05, 3.63) is 100 Å². The van der Waals surface area contributed by atoms with E-state index >= 15 is 0 Å². The summed E-state index contributed by atoms with van der Waals surface area (Å²) in [4.78, 5) is 41.4. The van der Waals surface area contributed by atoms with Crippen LogP contribution in [0.25, 0.3) is 0 Å². The van der Waals surface area contributed by atoms with Crippen LogP contribution in [0.15, 0.2) is 72.8 Å². The van der Waals surface area contributed by atoms with Crippen LogP contribution >= 0.6 is 11.5 Å². The summed E-state index contributed by atoms with van der Waals surface area (Å²) in [7, 11) is 3.01. The SMILES string of the molecule is COc1ccc(C(C(=O)NCc2ccccc2)N(C(=O)c2snc(C(N)=O)c2N)c2cc(C)ccc2OC)cc1. The third kappa shape index (κ3) is 5.89. The molecule has 1 atom stereocenters. The summed E-state index contributed by atoms with van der Waals surface area (Å²) in [6.45, 7) is 2.09. The molecule has 10 nitrogen and oxygen atoms in total. The second-order valence-electron chi connectivity index (χ2n) is 8.87. The normalized spacial score (nSPS) is 11.4. The molecule has 0 bridgehead atoms. The van der Waals surface area contributed by atoms with E-state index in [0.717, 1.165) is 22.7 Å². The molecule has 0 aliphatic rings. The van der Waals surface area contributed by atoms with E-state index in [2.05, 4.69) is 9.69 Å². The average Bonchev–Trinajstić information content (AvgIpc) is 3.36. The second-order valence-corrected chi connectivity index (χ2v) is 9.64. The van der Waals surface area contributed by atoms with E-state index in [-0.39, 0.29) is 22.8 Å². The van der Waals surface area contributed by atoms with Gasteiger partial charge < -0.3 is 26.3 Å². The van der Waals surface area contributed by atoms with Gasteiger partial charge in [-0.2, -0.15) is 4.37 Å². The molecule has 4 aromatic rings. The minimum absolute atomic E-state index is 0.0354. The zero-order valence-corrected chi connectivity index (χ0v) is 23.0. The minimum Gasteiger partial charge on any atom is -0.497 e. The summed E-state index contributed by atoms with van der Waals surface area (Å²) in [5.41, 5.74) is 13.7. The van der Waals surface area contributed by atoms with Crippen molar-refractivity contribution < 1.29 is 23.9 Å². The number of benzene rings is 3. The van der Waals surface area contributed by atoms with Crippen molar-refractivity contribution in [3.63, 3.8) is 0 Å². The molecule has 0 fully saturated rings. The standard InChI is InChI=1S/C29H29N5O5S/c1-17-9-14-22(39-3)21(15-17)34(29(37)26-23(30)24(27(31)35)33-40-26)25(19-10-12-20(38-2)13-11-19)28(36)32-16-18-7-5-4-6-8-18/h4-15,25H,16,30H2,1-3H3,(H2,31,35)(H,32,36). The number of nitrogens with two attached hydrogens (primary N) is 2. The first kappa shape index (κ1) is 28.1. The third-order valence-electron chi connectivity index (χ3n) is 6.22. The van der Waals surface area contributed by atoms with Gasteiger partial charge in [0.25, 0.3) is 11.8 Å². The highest BCUT2D eigenvalue weighted by Gasteiger charge is 2.37. The fourth-order valence-electron chi connectivity index (χ4n) is 4.18. The summed E-state index contributed by atoms with van der Waals surface area (Å²) < 4.78 is 14.9. The number of methoxy groups -OCH3 is 2. The van der Waals surface area contributed by atoms with E-state index in [4.69, 9.17) is 20.9 Å². The van der Waals surface area contributed by atoms with Crippen molar-refractivity contribution in [1.82, 2.24) is 9.69 Å². The number of carbonyl (C=O) groups is 3. The average molecular weight is 560 g/mol. The maximum atomic E-state index is 14.3. The number of nitrogens with one attached hydrogen (secondary N) is 1. The number of rotatable bonds is 10. The number of aromatic nitrogens is 1. The molecular formula is C29H29N5O5S. The Labute approximate surface area is 235 Å². The molecule has 3 amide bonds. The van der Waals surface area contributed by atoms with Gasteiger partial charge in [-0.25, -0.2) is 0 Å². The van der Waals surface area contributed by atoms with Crippen molar-refractivity contribution in [1.29, 1.82) is 0 Å². The minimum atomic E-state index is -1.17. The van der Waals surface area contributed by atoms with Crippen LogP contribution in [0.4, 0.5) is 11.4 Å². The number of amides is 3. The number of anilines is 2. The molecule has 3 aromatic carbocycles. The van der Waals surface area contributed by atoms with Crippen LogP contribution in [0, 0.1) is 6.92 Å². The molecule has 1 aromatic heterocycles. The summed E-state index contributed by atoms with van der Waals surface area (Å²) in [5, 5.41) is 2.95. The fraction of sp³-hybridized carbons (Fsp3) is 0.172. The maximum Gasteiger partial charge on any atom is 0.273 e. The van der Waals surface area contributed by atoms with Gasteiger partial charge in [0.2, 0.25) is 5.91 Å². The van der Waals surface area contributed by atoms with E-state index in [1.165, 1.54) is 19.1 Å². The topological polar surface area (TPSA) is 150 Å².